The van der Waals surface area contributed by atoms with Gasteiger partial charge in [0.1, 0.15) is 30.5 Å². The summed E-state index contributed by atoms with van der Waals surface area (Å²) in [6.45, 7) is 2.27. The molecule has 3 aliphatic rings. The number of hydrogen-bond acceptors (Lipinski definition) is 7. The van der Waals surface area contributed by atoms with Crippen molar-refractivity contribution in [2.24, 2.45) is 17.8 Å². The molecule has 4 atom stereocenters. The minimum Gasteiger partial charge on any atom is -0.489 e. The lowest BCUT2D eigenvalue weighted by atomic mass is 9.58. The summed E-state index contributed by atoms with van der Waals surface area (Å²) in [4.78, 5) is 27.4. The first-order chi connectivity index (χ1) is 18.9. The molecule has 2 aliphatic heterocycles. The number of hydrogen-bond donors (Lipinski definition) is 2. The van der Waals surface area contributed by atoms with Gasteiger partial charge in [-0.15, -0.1) is 0 Å². The average Bonchev–Trinajstić information content (AvgIpc) is 3.48. The van der Waals surface area contributed by atoms with E-state index >= 15 is 0 Å². The van der Waals surface area contributed by atoms with E-state index in [1.165, 1.54) is 10.5 Å². The predicted molar refractivity (Wildman–Crippen MR) is 146 cm³/mol. The van der Waals surface area contributed by atoms with Gasteiger partial charge in [0.2, 0.25) is 11.8 Å². The fourth-order valence-corrected chi connectivity index (χ4v) is 6.41. The highest BCUT2D eigenvalue weighted by Crippen LogP contribution is 2.50. The van der Waals surface area contributed by atoms with Gasteiger partial charge in [-0.2, -0.15) is 0 Å². The molecule has 2 fully saturated rings. The molecule has 3 heterocycles. The third-order valence-electron chi connectivity index (χ3n) is 8.17. The van der Waals surface area contributed by atoms with E-state index in [1.807, 2.05) is 42.5 Å². The van der Waals surface area contributed by atoms with Crippen LogP contribution in [0.4, 0.5) is 0 Å². The van der Waals surface area contributed by atoms with E-state index < -0.39 is 25.1 Å². The summed E-state index contributed by atoms with van der Waals surface area (Å²) < 4.78 is 17.9. The molecule has 5 rings (SSSR count). The number of benzene rings is 1. The summed E-state index contributed by atoms with van der Waals surface area (Å²) in [7, 11) is 0.540. The third kappa shape index (κ3) is 5.76. The molecule has 1 aromatic carbocycles. The Balaban J connectivity index is 1.44. The third-order valence-corrected chi connectivity index (χ3v) is 8.17. The maximum Gasteiger partial charge on any atom is 0.455 e. The Morgan fingerprint density at radius 3 is 2.64 bits per heavy atom. The fraction of sp³-hybridized carbons (Fsp3) is 0.467. The van der Waals surface area contributed by atoms with Gasteiger partial charge >= 0.3 is 7.12 Å². The first-order valence-electron chi connectivity index (χ1n) is 13.8. The molecule has 1 aromatic heterocycles. The number of amides is 2. The SMILES string of the molecule is CCC/C(=C\c1ccc(CO)o1)CC[C@H]1OB(O)C[C@H]2C1=C(COc1ccccc1)C[C@H]1C(=O)N(C)C(=O)[C@H]12. The summed E-state index contributed by atoms with van der Waals surface area (Å²) in [5.41, 5.74) is 3.17. The van der Waals surface area contributed by atoms with Gasteiger partial charge in [0.05, 0.1) is 17.9 Å². The van der Waals surface area contributed by atoms with Crippen LogP contribution in [0, 0.1) is 17.8 Å². The Morgan fingerprint density at radius 2 is 1.92 bits per heavy atom. The number of nitrogens with zero attached hydrogens (tertiary/aromatic N) is 1. The number of rotatable bonds is 10. The molecule has 0 radical (unpaired) electrons. The Kier molecular flexibility index (Phi) is 8.40. The van der Waals surface area contributed by atoms with Crippen molar-refractivity contribution in [3.8, 4) is 5.75 Å². The summed E-state index contributed by atoms with van der Waals surface area (Å²) in [5, 5.41) is 20.1. The van der Waals surface area contributed by atoms with E-state index in [2.05, 4.69) is 6.92 Å². The normalized spacial score (nSPS) is 25.3. The molecule has 0 spiro atoms. The van der Waals surface area contributed by atoms with Crippen LogP contribution in [0.5, 0.6) is 5.75 Å². The second kappa shape index (κ2) is 11.9. The number of imide groups is 1. The Morgan fingerprint density at radius 1 is 1.13 bits per heavy atom. The number of allylic oxidation sites excluding steroid dienone is 1. The average molecular weight is 533 g/mol. The highest BCUT2D eigenvalue weighted by Gasteiger charge is 2.56. The molecule has 2 N–H and O–H groups in total. The maximum absolute atomic E-state index is 13.2. The van der Waals surface area contributed by atoms with Gasteiger partial charge < -0.3 is 23.9 Å². The first kappa shape index (κ1) is 27.4. The van der Waals surface area contributed by atoms with Crippen molar-refractivity contribution in [1.29, 1.82) is 0 Å². The molecule has 0 unspecified atom stereocenters. The number of furan rings is 1. The zero-order chi connectivity index (χ0) is 27.5. The zero-order valence-electron chi connectivity index (χ0n) is 22.5. The Hall–Kier alpha value is -3.14. The molecule has 9 heteroatoms. The van der Waals surface area contributed by atoms with Gasteiger partial charge in [-0.3, -0.25) is 14.5 Å². The molecule has 0 bridgehead atoms. The highest BCUT2D eigenvalue weighted by molar-refractivity contribution is 6.43. The lowest BCUT2D eigenvalue weighted by molar-refractivity contribution is -0.138. The van der Waals surface area contributed by atoms with Crippen LogP contribution in [0.3, 0.4) is 0 Å². The lowest BCUT2D eigenvalue weighted by Gasteiger charge is -2.43. The molecule has 2 saturated heterocycles. The Bertz CT molecular complexity index is 1250. The van der Waals surface area contributed by atoms with Crippen molar-refractivity contribution in [2.75, 3.05) is 13.7 Å². The van der Waals surface area contributed by atoms with E-state index in [9.17, 15) is 19.7 Å². The van der Waals surface area contributed by atoms with Crippen molar-refractivity contribution in [2.45, 2.75) is 58.1 Å². The molecule has 1 aliphatic carbocycles. The molecule has 2 aromatic rings. The van der Waals surface area contributed by atoms with Crippen LogP contribution < -0.4 is 4.74 Å². The summed E-state index contributed by atoms with van der Waals surface area (Å²) in [6.07, 6.45) is 5.51. The number of ether oxygens (including phenoxy) is 1. The van der Waals surface area contributed by atoms with Gasteiger partial charge in [-0.05, 0) is 79.4 Å². The van der Waals surface area contributed by atoms with Crippen LogP contribution in [0.1, 0.15) is 50.5 Å². The molecular formula is C30H36BNO7. The first-order valence-corrected chi connectivity index (χ1v) is 13.8. The standard InChI is InChI=1S/C30H36BNO7/c1-3-7-19(14-22-11-12-23(17-33)38-22)10-13-26-27-20(18-37-21-8-5-4-6-9-21)15-24-28(25(27)16-31(36)39-26)30(35)32(2)29(24)34/h4-6,8-9,11-12,14,24-26,28,33,36H,3,7,10,13,15-18H2,1-2H3/b19-14+/t24-,25+,26-,28-/m1/s1. The van der Waals surface area contributed by atoms with Crippen LogP contribution in [0.2, 0.25) is 6.32 Å². The van der Waals surface area contributed by atoms with E-state index in [-0.39, 0.29) is 30.7 Å². The van der Waals surface area contributed by atoms with Gasteiger partial charge in [0, 0.05) is 7.05 Å². The number of aliphatic hydroxyl groups excluding tert-OH is 1. The van der Waals surface area contributed by atoms with Crippen LogP contribution >= 0.6 is 0 Å². The molecular weight excluding hydrogens is 497 g/mol. The van der Waals surface area contributed by atoms with Crippen molar-refractivity contribution in [3.63, 3.8) is 0 Å². The van der Waals surface area contributed by atoms with Crippen molar-refractivity contribution >= 4 is 25.0 Å². The minimum atomic E-state index is -1.01. The van der Waals surface area contributed by atoms with E-state index in [4.69, 9.17) is 13.8 Å². The quantitative estimate of drug-likeness (QED) is 0.267. The topological polar surface area (TPSA) is 109 Å². The molecule has 39 heavy (non-hydrogen) atoms. The lowest BCUT2D eigenvalue weighted by Crippen LogP contribution is -2.46. The second-order valence-corrected chi connectivity index (χ2v) is 10.7. The summed E-state index contributed by atoms with van der Waals surface area (Å²) in [6, 6.07) is 13.1. The van der Waals surface area contributed by atoms with Crippen LogP contribution in [-0.2, 0) is 20.9 Å². The van der Waals surface area contributed by atoms with Crippen LogP contribution in [0.25, 0.3) is 6.08 Å². The van der Waals surface area contributed by atoms with Gasteiger partial charge in [-0.25, -0.2) is 0 Å². The molecule has 8 nitrogen and oxygen atoms in total. The van der Waals surface area contributed by atoms with E-state index in [0.29, 0.717) is 37.4 Å². The van der Waals surface area contributed by atoms with Crippen molar-refractivity contribution < 1.29 is 33.5 Å². The maximum atomic E-state index is 13.2. The number of carbonyl (C=O) groups is 2. The van der Waals surface area contributed by atoms with Crippen LogP contribution in [0.15, 0.2) is 63.6 Å². The number of likely N-dealkylation sites (tertiary alicyclic amines) is 1. The monoisotopic (exact) mass is 533 g/mol. The second-order valence-electron chi connectivity index (χ2n) is 10.7. The molecule has 206 valence electrons. The van der Waals surface area contributed by atoms with Crippen molar-refractivity contribution in [1.82, 2.24) is 4.90 Å². The predicted octanol–water partition coefficient (Wildman–Crippen LogP) is 4.24. The molecule has 0 saturated carbocycles. The Labute approximate surface area is 229 Å². The van der Waals surface area contributed by atoms with E-state index in [0.717, 1.165) is 29.7 Å². The van der Waals surface area contributed by atoms with Gasteiger partial charge in [-0.1, -0.05) is 37.1 Å². The van der Waals surface area contributed by atoms with Gasteiger partial charge in [0.25, 0.3) is 0 Å². The van der Waals surface area contributed by atoms with Gasteiger partial charge in [0.15, 0.2) is 0 Å². The fourth-order valence-electron chi connectivity index (χ4n) is 6.41. The van der Waals surface area contributed by atoms with Crippen molar-refractivity contribution in [3.05, 3.63) is 70.7 Å². The molecule has 2 amide bonds. The zero-order valence-corrected chi connectivity index (χ0v) is 22.5. The number of fused-ring (bicyclic) bond motifs is 3. The largest absolute Gasteiger partial charge is 0.489 e. The van der Waals surface area contributed by atoms with E-state index in [1.54, 1.807) is 13.1 Å². The number of aliphatic hydroxyl groups is 1. The smallest absolute Gasteiger partial charge is 0.455 e. The number of carbonyl (C=O) groups excluding carboxylic acids is 2. The minimum absolute atomic E-state index is 0.146. The summed E-state index contributed by atoms with van der Waals surface area (Å²) >= 11 is 0. The number of para-hydroxylation sites is 1. The summed E-state index contributed by atoms with van der Waals surface area (Å²) in [5.74, 6) is 0.419. The van der Waals surface area contributed by atoms with Crippen LogP contribution in [-0.4, -0.2) is 53.7 Å². The highest BCUT2D eigenvalue weighted by atomic mass is 16.5.